The third-order valence-corrected chi connectivity index (χ3v) is 6.87. The summed E-state index contributed by atoms with van der Waals surface area (Å²) in [6.45, 7) is 3.65. The first-order valence-corrected chi connectivity index (χ1v) is 13.3. The number of unbranched alkanes of at least 4 members (excludes halogenated alkanes) is 4. The molecule has 0 N–H and O–H groups in total. The van der Waals surface area contributed by atoms with Crippen LogP contribution in [-0.4, -0.2) is 25.9 Å². The van der Waals surface area contributed by atoms with Crippen molar-refractivity contribution < 1.29 is 40.6 Å². The van der Waals surface area contributed by atoms with Gasteiger partial charge in [-0.05, 0) is 54.0 Å². The highest BCUT2D eigenvalue weighted by Gasteiger charge is 2.37. The number of hydrogen-bond donors (Lipinski definition) is 0. The summed E-state index contributed by atoms with van der Waals surface area (Å²) in [4.78, 5) is 0. The molecule has 0 unspecified atom stereocenters. The van der Waals surface area contributed by atoms with Crippen molar-refractivity contribution in [2.75, 3.05) is 19.8 Å². The van der Waals surface area contributed by atoms with E-state index in [1.807, 2.05) is 0 Å². The molecule has 0 atom stereocenters. The molecule has 0 bridgehead atoms. The van der Waals surface area contributed by atoms with E-state index < -0.39 is 35.5 Å². The minimum Gasteiger partial charge on any atom is -0.373 e. The molecule has 1 fully saturated rings. The molecule has 0 radical (unpaired) electrons. The number of benzene rings is 3. The van der Waals surface area contributed by atoms with E-state index in [0.717, 1.165) is 18.4 Å². The summed E-state index contributed by atoms with van der Waals surface area (Å²) in [6.07, 6.45) is -0.0186. The zero-order valence-corrected chi connectivity index (χ0v) is 21.8. The fraction of sp³-hybridized carbons (Fsp3) is 0.467. The molecule has 4 rings (SSSR count). The minimum atomic E-state index is -5.13. The van der Waals surface area contributed by atoms with E-state index in [9.17, 15) is 22.0 Å². The first kappa shape index (κ1) is 29.4. The molecule has 1 saturated heterocycles. The lowest BCUT2D eigenvalue weighted by Gasteiger charge is -2.29. The highest BCUT2D eigenvalue weighted by molar-refractivity contribution is 5.84. The highest BCUT2D eigenvalue weighted by Crippen LogP contribution is 2.34. The van der Waals surface area contributed by atoms with Gasteiger partial charge in [-0.15, -0.1) is 0 Å². The predicted octanol–water partition coefficient (Wildman–Crippen LogP) is 8.46. The summed E-state index contributed by atoms with van der Waals surface area (Å²) < 4.78 is 98.9. The Morgan fingerprint density at radius 2 is 1.54 bits per heavy atom. The summed E-state index contributed by atoms with van der Waals surface area (Å²) >= 11 is 0. The predicted molar refractivity (Wildman–Crippen MR) is 136 cm³/mol. The third-order valence-electron chi connectivity index (χ3n) is 6.87. The van der Waals surface area contributed by atoms with Crippen LogP contribution in [0.3, 0.4) is 0 Å². The lowest BCUT2D eigenvalue weighted by atomic mass is 9.98. The number of alkyl halides is 3. The number of halogens is 6. The van der Waals surface area contributed by atoms with Crippen LogP contribution in [0.2, 0.25) is 0 Å². The molecule has 1 aliphatic rings. The Balaban J connectivity index is 1.34. The van der Waals surface area contributed by atoms with Gasteiger partial charge in [-0.3, -0.25) is 0 Å². The zero-order valence-electron chi connectivity index (χ0n) is 21.8. The summed E-state index contributed by atoms with van der Waals surface area (Å²) in [6, 6.07) is 9.68. The molecule has 39 heavy (non-hydrogen) atoms. The normalized spacial score (nSPS) is 18.1. The van der Waals surface area contributed by atoms with Gasteiger partial charge in [0, 0.05) is 17.6 Å². The number of hydrogen-bond acceptors (Lipinski definition) is 3. The number of ether oxygens (including phenoxy) is 3. The van der Waals surface area contributed by atoms with E-state index in [2.05, 4.69) is 6.92 Å². The Kier molecular flexibility index (Phi) is 9.91. The van der Waals surface area contributed by atoms with Gasteiger partial charge in [0.15, 0.2) is 6.29 Å². The van der Waals surface area contributed by atoms with Crippen LogP contribution in [0.5, 0.6) is 0 Å². The van der Waals surface area contributed by atoms with Gasteiger partial charge in [-0.2, -0.15) is 13.2 Å². The van der Waals surface area contributed by atoms with Crippen LogP contribution in [0, 0.1) is 17.5 Å². The summed E-state index contributed by atoms with van der Waals surface area (Å²) in [5, 5.41) is 0.971. The second kappa shape index (κ2) is 13.2. The standard InChI is InChI=1S/C30H32F6O3/c1-2-3-4-5-6-13-37-23-17-38-29(39-18-23)22-11-12-24-21(16-22)10-9-20(28(24)33)8-7-19-14-25(31)27(26(32)15-19)30(34,35)36/h9-12,14-16,23,29H,2-8,13,17-18H2,1H3. The van der Waals surface area contributed by atoms with Gasteiger partial charge in [0.1, 0.15) is 29.1 Å². The summed E-state index contributed by atoms with van der Waals surface area (Å²) in [5.41, 5.74) is -0.886. The maximum atomic E-state index is 15.2. The van der Waals surface area contributed by atoms with Gasteiger partial charge in [0.05, 0.1) is 13.2 Å². The van der Waals surface area contributed by atoms with E-state index in [-0.39, 0.29) is 30.1 Å². The van der Waals surface area contributed by atoms with E-state index in [1.54, 1.807) is 30.3 Å². The molecule has 9 heteroatoms. The summed E-state index contributed by atoms with van der Waals surface area (Å²) in [7, 11) is 0. The second-order valence-corrected chi connectivity index (χ2v) is 9.86. The Hall–Kier alpha value is -2.62. The van der Waals surface area contributed by atoms with E-state index >= 15 is 4.39 Å². The lowest BCUT2D eigenvalue weighted by molar-refractivity contribution is -0.230. The molecule has 0 aliphatic carbocycles. The highest BCUT2D eigenvalue weighted by atomic mass is 19.4. The molecule has 3 nitrogen and oxygen atoms in total. The SMILES string of the molecule is CCCCCCCOC1COC(c2ccc3c(F)c(CCc4cc(F)c(C(F)(F)F)c(F)c4)ccc3c2)OC1. The zero-order chi connectivity index (χ0) is 28.0. The van der Waals surface area contributed by atoms with Crippen molar-refractivity contribution in [1.29, 1.82) is 0 Å². The van der Waals surface area contributed by atoms with E-state index in [1.165, 1.54) is 19.3 Å². The molecular weight excluding hydrogens is 522 g/mol. The average molecular weight is 555 g/mol. The molecule has 1 aliphatic heterocycles. The molecule has 0 saturated carbocycles. The van der Waals surface area contributed by atoms with Crippen LogP contribution in [0.25, 0.3) is 10.8 Å². The fourth-order valence-corrected chi connectivity index (χ4v) is 4.74. The second-order valence-electron chi connectivity index (χ2n) is 9.86. The Morgan fingerprint density at radius 1 is 0.846 bits per heavy atom. The van der Waals surface area contributed by atoms with Crippen LogP contribution in [0.4, 0.5) is 26.3 Å². The molecular formula is C30H32F6O3. The minimum absolute atomic E-state index is 0.0122. The fourth-order valence-electron chi connectivity index (χ4n) is 4.74. The van der Waals surface area contributed by atoms with Gasteiger partial charge in [0.2, 0.25) is 0 Å². The van der Waals surface area contributed by atoms with Gasteiger partial charge < -0.3 is 14.2 Å². The van der Waals surface area contributed by atoms with Crippen molar-refractivity contribution >= 4 is 10.8 Å². The van der Waals surface area contributed by atoms with E-state index in [0.29, 0.717) is 42.7 Å². The lowest BCUT2D eigenvalue weighted by Crippen LogP contribution is -2.33. The third kappa shape index (κ3) is 7.52. The number of rotatable bonds is 11. The Labute approximate surface area is 224 Å². The van der Waals surface area contributed by atoms with Gasteiger partial charge in [-0.1, -0.05) is 56.9 Å². The van der Waals surface area contributed by atoms with Gasteiger partial charge in [-0.25, -0.2) is 13.2 Å². The maximum absolute atomic E-state index is 15.2. The van der Waals surface area contributed by atoms with Crippen LogP contribution >= 0.6 is 0 Å². The smallest absolute Gasteiger partial charge is 0.373 e. The molecule has 0 spiro atoms. The van der Waals surface area contributed by atoms with Crippen LogP contribution < -0.4 is 0 Å². The molecule has 1 heterocycles. The maximum Gasteiger partial charge on any atom is 0.422 e. The first-order valence-electron chi connectivity index (χ1n) is 13.3. The quantitative estimate of drug-likeness (QED) is 0.176. The number of aryl methyl sites for hydroxylation is 2. The van der Waals surface area contributed by atoms with Crippen molar-refractivity contribution in [3.05, 3.63) is 82.2 Å². The topological polar surface area (TPSA) is 27.7 Å². The van der Waals surface area contributed by atoms with Crippen LogP contribution in [-0.2, 0) is 33.2 Å². The number of fused-ring (bicyclic) bond motifs is 1. The van der Waals surface area contributed by atoms with Crippen molar-refractivity contribution in [2.24, 2.45) is 0 Å². The van der Waals surface area contributed by atoms with Crippen molar-refractivity contribution in [3.8, 4) is 0 Å². The molecule has 212 valence electrons. The van der Waals surface area contributed by atoms with Crippen LogP contribution in [0.1, 0.15) is 67.6 Å². The van der Waals surface area contributed by atoms with Crippen LogP contribution in [0.15, 0.2) is 42.5 Å². The Morgan fingerprint density at radius 3 is 2.21 bits per heavy atom. The van der Waals surface area contributed by atoms with Crippen molar-refractivity contribution in [3.63, 3.8) is 0 Å². The first-order chi connectivity index (χ1) is 18.7. The largest absolute Gasteiger partial charge is 0.422 e. The molecule has 0 aromatic heterocycles. The van der Waals surface area contributed by atoms with Gasteiger partial charge in [0.25, 0.3) is 0 Å². The van der Waals surface area contributed by atoms with Crippen molar-refractivity contribution in [1.82, 2.24) is 0 Å². The molecule has 3 aromatic rings. The summed E-state index contributed by atoms with van der Waals surface area (Å²) in [5.74, 6) is -3.86. The average Bonchev–Trinajstić information content (AvgIpc) is 2.89. The van der Waals surface area contributed by atoms with E-state index in [4.69, 9.17) is 14.2 Å². The van der Waals surface area contributed by atoms with Gasteiger partial charge >= 0.3 is 6.18 Å². The van der Waals surface area contributed by atoms with Crippen molar-refractivity contribution in [2.45, 2.75) is 70.4 Å². The monoisotopic (exact) mass is 554 g/mol. The molecule has 0 amide bonds. The Bertz CT molecular complexity index is 1230. The molecule has 3 aromatic carbocycles.